The minimum absolute atomic E-state index is 0.00331. The van der Waals surface area contributed by atoms with Crippen LogP contribution in [0.5, 0.6) is 0 Å². The van der Waals surface area contributed by atoms with Crippen LogP contribution in [0.25, 0.3) is 0 Å². The second kappa shape index (κ2) is 7.64. The van der Waals surface area contributed by atoms with Crippen molar-refractivity contribution in [1.29, 1.82) is 0 Å². The zero-order chi connectivity index (χ0) is 22.3. The third kappa shape index (κ3) is 4.25. The number of hydrogen-bond donors (Lipinski definition) is 1. The Labute approximate surface area is 172 Å². The second-order valence-electron chi connectivity index (χ2n) is 6.91. The van der Waals surface area contributed by atoms with Gasteiger partial charge in [-0.05, 0) is 56.3 Å². The highest BCUT2D eigenvalue weighted by molar-refractivity contribution is 7.90. The summed E-state index contributed by atoms with van der Waals surface area (Å²) in [6.45, 7) is 3.39. The molecule has 2 aromatic carbocycles. The molecule has 0 aliphatic rings. The minimum atomic E-state index is -4.69. The van der Waals surface area contributed by atoms with Gasteiger partial charge in [-0.25, -0.2) is 8.42 Å². The van der Waals surface area contributed by atoms with Gasteiger partial charge in [-0.2, -0.15) is 13.2 Å². The number of hydrogen-bond acceptors (Lipinski definition) is 3. The van der Waals surface area contributed by atoms with Crippen molar-refractivity contribution in [1.82, 2.24) is 4.98 Å². The number of nitrogens with zero attached hydrogens (tertiary/aromatic N) is 1. The lowest BCUT2D eigenvalue weighted by Crippen LogP contribution is -2.28. The number of para-hydroxylation sites is 1. The van der Waals surface area contributed by atoms with E-state index in [1.165, 1.54) is 42.5 Å². The molecule has 0 spiro atoms. The van der Waals surface area contributed by atoms with Crippen molar-refractivity contribution in [3.05, 3.63) is 77.1 Å². The molecule has 0 aliphatic carbocycles. The summed E-state index contributed by atoms with van der Waals surface area (Å²) in [5.74, 6) is -0.666. The average molecular weight is 436 g/mol. The fourth-order valence-electron chi connectivity index (χ4n) is 3.18. The number of H-pyrrole nitrogens is 1. The van der Waals surface area contributed by atoms with E-state index in [-0.39, 0.29) is 21.8 Å². The van der Waals surface area contributed by atoms with Gasteiger partial charge in [0.15, 0.2) is 9.84 Å². The summed E-state index contributed by atoms with van der Waals surface area (Å²) in [5, 5.41) is 0. The standard InChI is InChI=1S/C21H19F3N2O3S/c1-13-12-17(14(2)25-13)20(27)26(15-8-10-16(11-9-15)30(3,28)29)19-7-5-4-6-18(19)21(22,23)24/h4-12,25H,1-3H3. The number of nitrogens with one attached hydrogen (secondary N) is 1. The lowest BCUT2D eigenvalue weighted by atomic mass is 10.1. The summed E-state index contributed by atoms with van der Waals surface area (Å²) in [4.78, 5) is 17.3. The van der Waals surface area contributed by atoms with Gasteiger partial charge in [0.05, 0.1) is 21.7 Å². The Balaban J connectivity index is 2.23. The van der Waals surface area contributed by atoms with Crippen molar-refractivity contribution in [2.75, 3.05) is 11.2 Å². The summed E-state index contributed by atoms with van der Waals surface area (Å²) < 4.78 is 64.5. The molecular weight excluding hydrogens is 417 g/mol. The van der Waals surface area contributed by atoms with E-state index >= 15 is 0 Å². The summed E-state index contributed by atoms with van der Waals surface area (Å²) in [5.41, 5.74) is 0.210. The SMILES string of the molecule is Cc1cc(C(=O)N(c2ccc(S(C)(=O)=O)cc2)c2ccccc2C(F)(F)F)c(C)[nH]1. The van der Waals surface area contributed by atoms with E-state index in [2.05, 4.69) is 4.98 Å². The number of benzene rings is 2. The maximum atomic E-state index is 13.7. The first-order chi connectivity index (χ1) is 13.9. The third-order valence-electron chi connectivity index (χ3n) is 4.56. The summed E-state index contributed by atoms with van der Waals surface area (Å²) in [6.07, 6.45) is -3.67. The number of carbonyl (C=O) groups excluding carboxylic acids is 1. The third-order valence-corrected chi connectivity index (χ3v) is 5.68. The number of sulfone groups is 1. The topological polar surface area (TPSA) is 70.2 Å². The molecule has 1 amide bonds. The molecular formula is C21H19F3N2O3S. The lowest BCUT2D eigenvalue weighted by Gasteiger charge is -2.26. The van der Waals surface area contributed by atoms with Crippen molar-refractivity contribution < 1.29 is 26.4 Å². The molecule has 3 rings (SSSR count). The van der Waals surface area contributed by atoms with Crippen LogP contribution in [0.1, 0.15) is 27.3 Å². The molecule has 5 nitrogen and oxygen atoms in total. The van der Waals surface area contributed by atoms with E-state index in [1.807, 2.05) is 0 Å². The van der Waals surface area contributed by atoms with Gasteiger partial charge < -0.3 is 4.98 Å². The monoisotopic (exact) mass is 436 g/mol. The first-order valence-electron chi connectivity index (χ1n) is 8.86. The van der Waals surface area contributed by atoms with Gasteiger partial charge in [0.1, 0.15) is 0 Å². The first kappa shape index (κ1) is 21.6. The number of aromatic amines is 1. The smallest absolute Gasteiger partial charge is 0.362 e. The Morgan fingerprint density at radius 1 is 1.00 bits per heavy atom. The quantitative estimate of drug-likeness (QED) is 0.624. The van der Waals surface area contributed by atoms with E-state index in [4.69, 9.17) is 0 Å². The molecule has 0 saturated carbocycles. The van der Waals surface area contributed by atoms with Gasteiger partial charge in [0, 0.05) is 23.3 Å². The van der Waals surface area contributed by atoms with Crippen LogP contribution in [-0.2, 0) is 16.0 Å². The summed E-state index contributed by atoms with van der Waals surface area (Å²) in [7, 11) is -3.51. The zero-order valence-electron chi connectivity index (χ0n) is 16.4. The normalized spacial score (nSPS) is 12.1. The number of aromatic nitrogens is 1. The van der Waals surface area contributed by atoms with Crippen molar-refractivity contribution in [2.24, 2.45) is 0 Å². The highest BCUT2D eigenvalue weighted by Gasteiger charge is 2.37. The fraction of sp³-hybridized carbons (Fsp3) is 0.190. The molecule has 30 heavy (non-hydrogen) atoms. The van der Waals surface area contributed by atoms with E-state index in [1.54, 1.807) is 19.9 Å². The molecule has 0 atom stereocenters. The summed E-state index contributed by atoms with van der Waals surface area (Å²) >= 11 is 0. The highest BCUT2D eigenvalue weighted by atomic mass is 32.2. The van der Waals surface area contributed by atoms with E-state index < -0.39 is 27.5 Å². The predicted octanol–water partition coefficient (Wildman–Crippen LogP) is 5.03. The molecule has 0 unspecified atom stereocenters. The largest absolute Gasteiger partial charge is 0.418 e. The lowest BCUT2D eigenvalue weighted by molar-refractivity contribution is -0.137. The van der Waals surface area contributed by atoms with Gasteiger partial charge in [-0.15, -0.1) is 0 Å². The van der Waals surface area contributed by atoms with Gasteiger partial charge >= 0.3 is 6.18 Å². The fourth-order valence-corrected chi connectivity index (χ4v) is 3.81. The molecule has 158 valence electrons. The Bertz CT molecular complexity index is 1200. The summed E-state index contributed by atoms with van der Waals surface area (Å²) in [6, 6.07) is 11.5. The number of rotatable bonds is 4. The zero-order valence-corrected chi connectivity index (χ0v) is 17.2. The van der Waals surface area contributed by atoms with E-state index in [0.717, 1.165) is 17.2 Å². The van der Waals surface area contributed by atoms with Crippen molar-refractivity contribution in [3.8, 4) is 0 Å². The molecule has 0 fully saturated rings. The molecule has 0 bridgehead atoms. The van der Waals surface area contributed by atoms with Crippen LogP contribution in [0.4, 0.5) is 24.5 Å². The molecule has 0 saturated heterocycles. The average Bonchev–Trinajstić information content (AvgIpc) is 2.99. The minimum Gasteiger partial charge on any atom is -0.362 e. The molecule has 0 aliphatic heterocycles. The Morgan fingerprint density at radius 2 is 1.60 bits per heavy atom. The molecule has 1 N–H and O–H groups in total. The molecule has 1 aromatic heterocycles. The van der Waals surface area contributed by atoms with Crippen molar-refractivity contribution in [3.63, 3.8) is 0 Å². The van der Waals surface area contributed by atoms with Gasteiger partial charge in [-0.1, -0.05) is 12.1 Å². The molecule has 0 radical (unpaired) electrons. The van der Waals surface area contributed by atoms with Crippen LogP contribution in [-0.4, -0.2) is 25.6 Å². The Hall–Kier alpha value is -3.07. The van der Waals surface area contributed by atoms with Crippen LogP contribution in [0, 0.1) is 13.8 Å². The van der Waals surface area contributed by atoms with Crippen LogP contribution in [0.15, 0.2) is 59.5 Å². The molecule has 9 heteroatoms. The number of amides is 1. The van der Waals surface area contributed by atoms with Crippen LogP contribution >= 0.6 is 0 Å². The van der Waals surface area contributed by atoms with Gasteiger partial charge in [-0.3, -0.25) is 9.69 Å². The maximum Gasteiger partial charge on any atom is 0.418 e. The maximum absolute atomic E-state index is 13.7. The predicted molar refractivity (Wildman–Crippen MR) is 108 cm³/mol. The number of halogens is 3. The Kier molecular flexibility index (Phi) is 5.51. The second-order valence-corrected chi connectivity index (χ2v) is 8.93. The molecule has 3 aromatic rings. The Morgan fingerprint density at radius 3 is 2.10 bits per heavy atom. The number of aryl methyl sites for hydroxylation is 2. The molecule has 1 heterocycles. The van der Waals surface area contributed by atoms with Crippen molar-refractivity contribution >= 4 is 27.1 Å². The van der Waals surface area contributed by atoms with Crippen molar-refractivity contribution in [2.45, 2.75) is 24.9 Å². The van der Waals surface area contributed by atoms with Crippen LogP contribution in [0.3, 0.4) is 0 Å². The number of carbonyl (C=O) groups is 1. The van der Waals surface area contributed by atoms with Crippen LogP contribution < -0.4 is 4.90 Å². The highest BCUT2D eigenvalue weighted by Crippen LogP contribution is 2.40. The first-order valence-corrected chi connectivity index (χ1v) is 10.8. The number of alkyl halides is 3. The van der Waals surface area contributed by atoms with Crippen LogP contribution in [0.2, 0.25) is 0 Å². The van der Waals surface area contributed by atoms with E-state index in [0.29, 0.717) is 11.4 Å². The van der Waals surface area contributed by atoms with Gasteiger partial charge in [0.2, 0.25) is 0 Å². The van der Waals surface area contributed by atoms with Gasteiger partial charge in [0.25, 0.3) is 5.91 Å². The van der Waals surface area contributed by atoms with E-state index in [9.17, 15) is 26.4 Å². The number of anilines is 2.